The van der Waals surface area contributed by atoms with E-state index >= 15 is 0 Å². The van der Waals surface area contributed by atoms with Crippen LogP contribution in [0.5, 0.6) is 0 Å². The van der Waals surface area contributed by atoms with E-state index < -0.39 is 0 Å². The molecule has 11 aromatic rings. The molecule has 0 aliphatic heterocycles. The van der Waals surface area contributed by atoms with Gasteiger partial charge in [-0.25, -0.2) is 15.0 Å². The average molecular weight is 718 g/mol. The van der Waals surface area contributed by atoms with Gasteiger partial charge in [-0.2, -0.15) is 0 Å². The number of hydrogen-bond donors (Lipinski definition) is 0. The Bertz CT molecular complexity index is 3170. The Morgan fingerprint density at radius 1 is 0.286 bits per heavy atom. The van der Waals surface area contributed by atoms with Crippen molar-refractivity contribution in [2.24, 2.45) is 0 Å². The average Bonchev–Trinajstić information content (AvgIpc) is 3.85. The molecule has 3 aromatic heterocycles. The van der Waals surface area contributed by atoms with Crippen LogP contribution in [0.15, 0.2) is 197 Å². The van der Waals surface area contributed by atoms with Crippen molar-refractivity contribution in [1.29, 1.82) is 0 Å². The van der Waals surface area contributed by atoms with Crippen molar-refractivity contribution in [3.05, 3.63) is 188 Å². The molecule has 0 atom stereocenters. The Morgan fingerprint density at radius 3 is 1.38 bits per heavy atom. The quantitative estimate of drug-likeness (QED) is 0.171. The molecule has 0 fully saturated rings. The van der Waals surface area contributed by atoms with E-state index in [1.807, 2.05) is 72.8 Å². The lowest BCUT2D eigenvalue weighted by Crippen LogP contribution is -2.00. The molecule has 11 rings (SSSR count). The zero-order valence-corrected chi connectivity index (χ0v) is 30.1. The first-order valence-electron chi connectivity index (χ1n) is 18.7. The van der Waals surface area contributed by atoms with Crippen LogP contribution in [0.25, 0.3) is 111 Å². The predicted octanol–water partition coefficient (Wildman–Crippen LogP) is 13.7. The summed E-state index contributed by atoms with van der Waals surface area (Å²) in [5, 5.41) is 4.32. The molecule has 0 saturated heterocycles. The Balaban J connectivity index is 0.965. The van der Waals surface area contributed by atoms with Crippen molar-refractivity contribution >= 4 is 43.9 Å². The van der Waals surface area contributed by atoms with Gasteiger partial charge in [0.1, 0.15) is 22.3 Å². The van der Waals surface area contributed by atoms with Crippen molar-refractivity contribution < 1.29 is 8.83 Å². The summed E-state index contributed by atoms with van der Waals surface area (Å²) in [7, 11) is 0. The zero-order chi connectivity index (χ0) is 37.0. The van der Waals surface area contributed by atoms with Crippen LogP contribution in [0.4, 0.5) is 0 Å². The molecule has 0 N–H and O–H groups in total. The largest absolute Gasteiger partial charge is 0.456 e. The van der Waals surface area contributed by atoms with Gasteiger partial charge in [0.05, 0.1) is 0 Å². The highest BCUT2D eigenvalue weighted by Crippen LogP contribution is 2.43. The summed E-state index contributed by atoms with van der Waals surface area (Å²) in [5.74, 6) is 1.91. The molecule has 56 heavy (non-hydrogen) atoms. The fourth-order valence-electron chi connectivity index (χ4n) is 7.80. The van der Waals surface area contributed by atoms with Crippen LogP contribution < -0.4 is 0 Å². The zero-order valence-electron chi connectivity index (χ0n) is 30.1. The lowest BCUT2D eigenvalue weighted by Gasteiger charge is -2.09. The molecule has 0 unspecified atom stereocenters. The Kier molecular flexibility index (Phi) is 7.42. The first kappa shape index (κ1) is 31.9. The fourth-order valence-corrected chi connectivity index (χ4v) is 7.80. The third-order valence-electron chi connectivity index (χ3n) is 10.6. The van der Waals surface area contributed by atoms with Gasteiger partial charge >= 0.3 is 0 Å². The third-order valence-corrected chi connectivity index (χ3v) is 10.6. The van der Waals surface area contributed by atoms with E-state index in [-0.39, 0.29) is 0 Å². The van der Waals surface area contributed by atoms with Crippen LogP contribution in [-0.4, -0.2) is 15.0 Å². The molecule has 0 aliphatic carbocycles. The van der Waals surface area contributed by atoms with Gasteiger partial charge in [-0.15, -0.1) is 0 Å². The highest BCUT2D eigenvalue weighted by molar-refractivity contribution is 6.17. The van der Waals surface area contributed by atoms with Crippen LogP contribution in [0.3, 0.4) is 0 Å². The summed E-state index contributed by atoms with van der Waals surface area (Å²) in [4.78, 5) is 14.6. The molecule has 0 spiro atoms. The van der Waals surface area contributed by atoms with Crippen molar-refractivity contribution in [2.45, 2.75) is 0 Å². The van der Waals surface area contributed by atoms with Crippen molar-refractivity contribution in [2.75, 3.05) is 0 Å². The minimum absolute atomic E-state index is 0.626. The molecule has 0 saturated carbocycles. The van der Waals surface area contributed by atoms with E-state index in [2.05, 4.69) is 115 Å². The molecule has 5 heteroatoms. The smallest absolute Gasteiger partial charge is 0.164 e. The second-order valence-electron chi connectivity index (χ2n) is 14.0. The molecule has 0 amide bonds. The van der Waals surface area contributed by atoms with Crippen molar-refractivity contribution in [1.82, 2.24) is 15.0 Å². The van der Waals surface area contributed by atoms with Gasteiger partial charge in [0, 0.05) is 43.8 Å². The summed E-state index contributed by atoms with van der Waals surface area (Å²) >= 11 is 0. The Labute approximate surface area is 322 Å². The van der Waals surface area contributed by atoms with Crippen LogP contribution in [0.2, 0.25) is 0 Å². The van der Waals surface area contributed by atoms with Crippen LogP contribution in [0, 0.1) is 0 Å². The number of aromatic nitrogens is 3. The number of furan rings is 2. The summed E-state index contributed by atoms with van der Waals surface area (Å²) in [6, 6.07) is 64.5. The molecule has 262 valence electrons. The molecule has 5 nitrogen and oxygen atoms in total. The number of para-hydroxylation sites is 1. The molecular weight excluding hydrogens is 687 g/mol. The van der Waals surface area contributed by atoms with Gasteiger partial charge in [0.25, 0.3) is 0 Å². The Morgan fingerprint density at radius 2 is 0.750 bits per heavy atom. The molecule has 0 radical (unpaired) electrons. The van der Waals surface area contributed by atoms with E-state index in [1.54, 1.807) is 0 Å². The summed E-state index contributed by atoms with van der Waals surface area (Å²) < 4.78 is 13.2. The maximum atomic E-state index is 6.67. The van der Waals surface area contributed by atoms with E-state index in [0.29, 0.717) is 17.5 Å². The van der Waals surface area contributed by atoms with Crippen molar-refractivity contribution in [3.8, 4) is 67.5 Å². The predicted molar refractivity (Wildman–Crippen MR) is 227 cm³/mol. The highest BCUT2D eigenvalue weighted by Gasteiger charge is 2.19. The number of nitrogens with zero attached hydrogens (tertiary/aromatic N) is 3. The van der Waals surface area contributed by atoms with E-state index in [9.17, 15) is 0 Å². The lowest BCUT2D eigenvalue weighted by atomic mass is 9.96. The van der Waals surface area contributed by atoms with Gasteiger partial charge < -0.3 is 8.83 Å². The number of hydrogen-bond acceptors (Lipinski definition) is 5. The SMILES string of the molecule is c1ccc(-c2ccc3c(c2)oc2c(-c4cccc5oc6cc(-c7ccc(-c8nc(-c9ccccc9)nc(-c9ccccc9)n8)cc7)ccc6c45)cccc23)cc1. The van der Waals surface area contributed by atoms with E-state index in [1.165, 1.54) is 0 Å². The fraction of sp³-hybridized carbons (Fsp3) is 0. The van der Waals surface area contributed by atoms with Crippen molar-refractivity contribution in [3.63, 3.8) is 0 Å². The molecule has 0 aliphatic rings. The minimum Gasteiger partial charge on any atom is -0.456 e. The molecule has 0 bridgehead atoms. The van der Waals surface area contributed by atoms with Gasteiger partial charge in [-0.05, 0) is 58.1 Å². The molecular formula is C51H31N3O2. The summed E-state index contributed by atoms with van der Waals surface area (Å²) in [6.45, 7) is 0. The van der Waals surface area contributed by atoms with E-state index in [0.717, 1.165) is 93.9 Å². The normalized spacial score (nSPS) is 11.6. The number of rotatable bonds is 6. The van der Waals surface area contributed by atoms with Gasteiger partial charge in [0.2, 0.25) is 0 Å². The number of fused-ring (bicyclic) bond motifs is 6. The second kappa shape index (κ2) is 13.0. The van der Waals surface area contributed by atoms with Crippen LogP contribution >= 0.6 is 0 Å². The standard InChI is InChI=1S/C51H31N3O2/c1-4-12-32(13-5-1)37-26-28-39-41-19-10-20-42(48(41)56-45(39)30-37)40-18-11-21-44-47(40)43-29-27-38(31-46(43)55-44)33-22-24-36(25-23-33)51-53-49(34-14-6-2-7-15-34)52-50(54-51)35-16-8-3-9-17-35/h1-31H. The topological polar surface area (TPSA) is 65.0 Å². The number of benzene rings is 8. The third kappa shape index (κ3) is 5.45. The lowest BCUT2D eigenvalue weighted by molar-refractivity contribution is 0.669. The first-order valence-corrected chi connectivity index (χ1v) is 18.7. The highest BCUT2D eigenvalue weighted by atomic mass is 16.3. The maximum Gasteiger partial charge on any atom is 0.164 e. The maximum absolute atomic E-state index is 6.67. The first-order chi connectivity index (χ1) is 27.7. The summed E-state index contributed by atoms with van der Waals surface area (Å²) in [5.41, 5.74) is 12.7. The van der Waals surface area contributed by atoms with Gasteiger partial charge in [0.15, 0.2) is 17.5 Å². The van der Waals surface area contributed by atoms with Gasteiger partial charge in [-0.1, -0.05) is 158 Å². The molecule has 8 aromatic carbocycles. The van der Waals surface area contributed by atoms with Crippen LogP contribution in [0.1, 0.15) is 0 Å². The second-order valence-corrected chi connectivity index (χ2v) is 14.0. The summed E-state index contributed by atoms with van der Waals surface area (Å²) in [6.07, 6.45) is 0. The monoisotopic (exact) mass is 717 g/mol. The molecule has 3 heterocycles. The van der Waals surface area contributed by atoms with E-state index in [4.69, 9.17) is 23.8 Å². The van der Waals surface area contributed by atoms with Crippen LogP contribution in [-0.2, 0) is 0 Å². The Hall–Kier alpha value is -7.63. The van der Waals surface area contributed by atoms with Gasteiger partial charge in [-0.3, -0.25) is 0 Å². The minimum atomic E-state index is 0.626.